The molecule has 0 spiro atoms. The van der Waals surface area contributed by atoms with Gasteiger partial charge in [-0.15, -0.1) is 12.4 Å². The number of amides is 1. The maximum atomic E-state index is 11.7. The highest BCUT2D eigenvalue weighted by atomic mass is 35.5. The van der Waals surface area contributed by atoms with E-state index in [-0.39, 0.29) is 29.1 Å². The van der Waals surface area contributed by atoms with Gasteiger partial charge in [-0.25, -0.2) is 8.42 Å². The van der Waals surface area contributed by atoms with Crippen molar-refractivity contribution >= 4 is 28.2 Å². The van der Waals surface area contributed by atoms with Crippen LogP contribution in [0, 0.1) is 5.92 Å². The van der Waals surface area contributed by atoms with Gasteiger partial charge in [0.15, 0.2) is 9.84 Å². The van der Waals surface area contributed by atoms with E-state index in [1.165, 1.54) is 12.1 Å². The van der Waals surface area contributed by atoms with E-state index in [2.05, 4.69) is 5.32 Å². The smallest absolute Gasteiger partial charge is 0.237 e. The van der Waals surface area contributed by atoms with Crippen molar-refractivity contribution in [2.24, 2.45) is 11.7 Å². The number of halogens is 1. The molecule has 0 aliphatic rings. The summed E-state index contributed by atoms with van der Waals surface area (Å²) in [6, 6.07) is 5.88. The van der Waals surface area contributed by atoms with Crippen LogP contribution in [0.3, 0.4) is 0 Å². The summed E-state index contributed by atoms with van der Waals surface area (Å²) in [7, 11) is -3.18. The second-order valence-electron chi connectivity index (χ2n) is 4.90. The lowest BCUT2D eigenvalue weighted by atomic mass is 10.0. The predicted molar refractivity (Wildman–Crippen MR) is 81.5 cm³/mol. The zero-order valence-electron chi connectivity index (χ0n) is 11.8. The van der Waals surface area contributed by atoms with Crippen molar-refractivity contribution in [2.45, 2.75) is 31.3 Å². The molecule has 1 aromatic carbocycles. The fourth-order valence-electron chi connectivity index (χ4n) is 1.46. The molecule has 1 aromatic rings. The van der Waals surface area contributed by atoms with Gasteiger partial charge in [0.2, 0.25) is 5.91 Å². The third kappa shape index (κ3) is 5.48. The maximum absolute atomic E-state index is 11.7. The molecule has 0 aliphatic heterocycles. The molecule has 0 aliphatic carbocycles. The summed E-state index contributed by atoms with van der Waals surface area (Å²) in [5, 5.41) is 2.72. The van der Waals surface area contributed by atoms with Gasteiger partial charge in [-0.2, -0.15) is 0 Å². The van der Waals surface area contributed by atoms with Crippen LogP contribution < -0.4 is 11.1 Å². The Hall–Kier alpha value is -1.11. The topological polar surface area (TPSA) is 89.3 Å². The molecule has 0 saturated heterocycles. The highest BCUT2D eigenvalue weighted by Crippen LogP contribution is 2.10. The molecule has 7 heteroatoms. The van der Waals surface area contributed by atoms with Gasteiger partial charge in [0.25, 0.3) is 0 Å². The van der Waals surface area contributed by atoms with Crippen LogP contribution in [0.4, 0.5) is 0 Å². The average Bonchev–Trinajstić information content (AvgIpc) is 2.34. The zero-order chi connectivity index (χ0) is 14.6. The summed E-state index contributed by atoms with van der Waals surface area (Å²) in [6.07, 6.45) is 1.16. The number of benzene rings is 1. The molecule has 0 saturated carbocycles. The number of nitrogens with one attached hydrogen (secondary N) is 1. The van der Waals surface area contributed by atoms with E-state index in [0.717, 1.165) is 11.8 Å². The fourth-order valence-corrected chi connectivity index (χ4v) is 2.09. The first-order valence-corrected chi connectivity index (χ1v) is 7.93. The van der Waals surface area contributed by atoms with Gasteiger partial charge < -0.3 is 11.1 Å². The van der Waals surface area contributed by atoms with Crippen LogP contribution in [-0.4, -0.2) is 26.6 Å². The van der Waals surface area contributed by atoms with Gasteiger partial charge >= 0.3 is 0 Å². The minimum Gasteiger partial charge on any atom is -0.351 e. The number of carbonyl (C=O) groups is 1. The van der Waals surface area contributed by atoms with Gasteiger partial charge in [0, 0.05) is 12.8 Å². The number of nitrogens with two attached hydrogens (primary N) is 1. The van der Waals surface area contributed by atoms with Gasteiger partial charge in [-0.3, -0.25) is 4.79 Å². The van der Waals surface area contributed by atoms with Gasteiger partial charge in [-0.1, -0.05) is 26.0 Å². The van der Waals surface area contributed by atoms with Crippen molar-refractivity contribution in [2.75, 3.05) is 6.26 Å². The minimum absolute atomic E-state index is 0. The Kier molecular flexibility index (Phi) is 7.19. The molecule has 1 amide bonds. The molecule has 0 radical (unpaired) electrons. The lowest BCUT2D eigenvalue weighted by molar-refractivity contribution is -0.123. The Bertz CT molecular complexity index is 541. The standard InChI is InChI=1S/C13H20N2O3S.ClH/c1-9(2)12(14)13(16)15-8-10-4-6-11(7-5-10)19(3,17)18;/h4-7,9,12H,8,14H2,1-3H3,(H,15,16);1H. The Morgan fingerprint density at radius 2 is 1.75 bits per heavy atom. The first kappa shape index (κ1) is 18.9. The van der Waals surface area contributed by atoms with Gasteiger partial charge in [0.1, 0.15) is 0 Å². The molecule has 0 aromatic heterocycles. The zero-order valence-corrected chi connectivity index (χ0v) is 13.4. The molecule has 3 N–H and O–H groups in total. The number of hydrogen-bond donors (Lipinski definition) is 2. The Morgan fingerprint density at radius 1 is 1.25 bits per heavy atom. The summed E-state index contributed by atoms with van der Waals surface area (Å²) in [5.74, 6) is -0.130. The molecule has 0 heterocycles. The van der Waals surface area contributed by atoms with Crippen LogP contribution in [0.1, 0.15) is 19.4 Å². The number of carbonyl (C=O) groups excluding carboxylic acids is 1. The molecule has 1 rings (SSSR count). The van der Waals surface area contributed by atoms with Crippen molar-refractivity contribution in [1.82, 2.24) is 5.32 Å². The first-order chi connectivity index (χ1) is 8.71. The molecule has 0 bridgehead atoms. The van der Waals surface area contributed by atoms with Crippen molar-refractivity contribution in [3.8, 4) is 0 Å². The predicted octanol–water partition coefficient (Wildman–Crippen LogP) is 1.11. The monoisotopic (exact) mass is 320 g/mol. The Labute approximate surface area is 126 Å². The van der Waals surface area contributed by atoms with Crippen molar-refractivity contribution in [3.63, 3.8) is 0 Å². The second-order valence-corrected chi connectivity index (χ2v) is 6.92. The molecule has 1 atom stereocenters. The molecule has 5 nitrogen and oxygen atoms in total. The number of rotatable bonds is 5. The normalized spacial score (nSPS) is 12.7. The third-order valence-corrected chi connectivity index (χ3v) is 3.97. The number of hydrogen-bond acceptors (Lipinski definition) is 4. The summed E-state index contributed by atoms with van der Waals surface area (Å²) in [4.78, 5) is 11.9. The average molecular weight is 321 g/mol. The van der Waals surface area contributed by atoms with E-state index in [9.17, 15) is 13.2 Å². The van der Waals surface area contributed by atoms with Crippen LogP contribution in [-0.2, 0) is 21.2 Å². The largest absolute Gasteiger partial charge is 0.351 e. The molecule has 20 heavy (non-hydrogen) atoms. The maximum Gasteiger partial charge on any atom is 0.237 e. The molecular weight excluding hydrogens is 300 g/mol. The summed E-state index contributed by atoms with van der Waals surface area (Å²) >= 11 is 0. The fraction of sp³-hybridized carbons (Fsp3) is 0.462. The van der Waals surface area contributed by atoms with Crippen molar-refractivity contribution < 1.29 is 13.2 Å². The van der Waals surface area contributed by atoms with Crippen molar-refractivity contribution in [1.29, 1.82) is 0 Å². The molecule has 0 fully saturated rings. The van der Waals surface area contributed by atoms with E-state index in [1.807, 2.05) is 13.8 Å². The van der Waals surface area contributed by atoms with E-state index < -0.39 is 15.9 Å². The van der Waals surface area contributed by atoms with Gasteiger partial charge in [-0.05, 0) is 23.6 Å². The third-order valence-electron chi connectivity index (χ3n) is 2.84. The van der Waals surface area contributed by atoms with Crippen LogP contribution in [0.2, 0.25) is 0 Å². The summed E-state index contributed by atoms with van der Waals surface area (Å²) < 4.78 is 22.6. The lowest BCUT2D eigenvalue weighted by Crippen LogP contribution is -2.43. The van der Waals surface area contributed by atoms with Crippen LogP contribution in [0.25, 0.3) is 0 Å². The lowest BCUT2D eigenvalue weighted by Gasteiger charge is -2.15. The van der Waals surface area contributed by atoms with E-state index >= 15 is 0 Å². The van der Waals surface area contributed by atoms with E-state index in [0.29, 0.717) is 6.54 Å². The second kappa shape index (κ2) is 7.61. The van der Waals surface area contributed by atoms with Crippen LogP contribution >= 0.6 is 12.4 Å². The molecule has 1 unspecified atom stereocenters. The van der Waals surface area contributed by atoms with Crippen LogP contribution in [0.15, 0.2) is 29.2 Å². The van der Waals surface area contributed by atoms with E-state index in [1.54, 1.807) is 12.1 Å². The highest BCUT2D eigenvalue weighted by molar-refractivity contribution is 7.90. The summed E-state index contributed by atoms with van der Waals surface area (Å²) in [6.45, 7) is 4.10. The number of sulfone groups is 1. The van der Waals surface area contributed by atoms with E-state index in [4.69, 9.17) is 5.73 Å². The molecule has 114 valence electrons. The van der Waals surface area contributed by atoms with Gasteiger partial charge in [0.05, 0.1) is 10.9 Å². The minimum atomic E-state index is -3.18. The SMILES string of the molecule is CC(C)C(N)C(=O)NCc1ccc(S(C)(=O)=O)cc1.Cl. The molecular formula is C13H21ClN2O3S. The van der Waals surface area contributed by atoms with Crippen LogP contribution in [0.5, 0.6) is 0 Å². The quantitative estimate of drug-likeness (QED) is 0.850. The van der Waals surface area contributed by atoms with Crippen molar-refractivity contribution in [3.05, 3.63) is 29.8 Å². The highest BCUT2D eigenvalue weighted by Gasteiger charge is 2.16. The first-order valence-electron chi connectivity index (χ1n) is 6.04. The Balaban J connectivity index is 0.00000361. The summed E-state index contributed by atoms with van der Waals surface area (Å²) in [5.41, 5.74) is 6.54. The Morgan fingerprint density at radius 3 is 2.15 bits per heavy atom.